The third kappa shape index (κ3) is 21.1. The molecule has 0 atom stereocenters. The van der Waals surface area contributed by atoms with E-state index < -0.39 is 0 Å². The van der Waals surface area contributed by atoms with Gasteiger partial charge in [-0.2, -0.15) is 12.2 Å². The molecule has 2 aliphatic carbocycles. The molecule has 0 aromatic carbocycles. The molecule has 0 N–H and O–H groups in total. The monoisotopic (exact) mass is 392 g/mol. The first-order valence-corrected chi connectivity index (χ1v) is 12.3. The Balaban J connectivity index is -0.000000206. The van der Waals surface area contributed by atoms with Crippen molar-refractivity contribution in [3.63, 3.8) is 0 Å². The largest absolute Gasteiger partial charge is 0.273 e. The van der Waals surface area contributed by atoms with Gasteiger partial charge >= 0.3 is 41.9 Å². The van der Waals surface area contributed by atoms with Crippen LogP contribution in [0.5, 0.6) is 0 Å². The van der Waals surface area contributed by atoms with Crippen LogP contribution in [0.25, 0.3) is 0 Å². The van der Waals surface area contributed by atoms with E-state index in [-0.39, 0.29) is 30.2 Å². The minimum Gasteiger partial charge on any atom is -0.273 e. The Morgan fingerprint density at radius 3 is 2.11 bits per heavy atom. The van der Waals surface area contributed by atoms with Gasteiger partial charge in [-0.1, -0.05) is 19.8 Å². The summed E-state index contributed by atoms with van der Waals surface area (Å²) in [6.45, 7) is 6.82. The van der Waals surface area contributed by atoms with E-state index in [4.69, 9.17) is 0 Å². The summed E-state index contributed by atoms with van der Waals surface area (Å²) in [5, 5.41) is 0. The second-order valence-corrected chi connectivity index (χ2v) is 13.5. The molecule has 19 heavy (non-hydrogen) atoms. The van der Waals surface area contributed by atoms with Crippen LogP contribution in [0.4, 0.5) is 0 Å². The number of allylic oxidation sites excluding steroid dienone is 8. The van der Waals surface area contributed by atoms with E-state index in [2.05, 4.69) is 50.4 Å². The second kappa shape index (κ2) is 18.6. The predicted octanol–water partition coefficient (Wildman–Crippen LogP) is 5.41. The number of hydrogen-bond acceptors (Lipinski definition) is 0. The first-order chi connectivity index (χ1) is 8.16. The van der Waals surface area contributed by atoms with Crippen molar-refractivity contribution in [1.29, 1.82) is 0 Å². The normalized spacial score (nSPS) is 13.2. The molecule has 2 aliphatic rings. The van der Waals surface area contributed by atoms with E-state index in [0.29, 0.717) is 0 Å². The first-order valence-electron chi connectivity index (χ1n) is 6.16. The summed E-state index contributed by atoms with van der Waals surface area (Å²) in [6, 6.07) is 0. The number of hydrogen-bond donors (Lipinski definition) is 0. The van der Waals surface area contributed by atoms with Crippen LogP contribution in [-0.4, -0.2) is 5.43 Å². The van der Waals surface area contributed by atoms with Gasteiger partial charge in [0, 0.05) is 0 Å². The standard InChI is InChI=1S/C8H11.C5H5.C2H6Si.2ClH.Zr/c1-2-5-8-6-3-4-7-8;1-2-4-5-3-1;1-3-2;;;/h6-7H,2-3,5H2,1H3;1-3H,4H2;1-2H3;2*1H;/q2*-1;;;;+2. The maximum atomic E-state index is 3.14. The average Bonchev–Trinajstić information content (AvgIpc) is 2.92. The van der Waals surface area contributed by atoms with E-state index in [1.165, 1.54) is 18.4 Å². The van der Waals surface area contributed by atoms with Crippen molar-refractivity contribution >= 4 is 30.2 Å². The molecular formula is C15H24Cl2SiZr. The van der Waals surface area contributed by atoms with E-state index >= 15 is 0 Å². The number of rotatable bonds is 2. The van der Waals surface area contributed by atoms with Gasteiger partial charge in [-0.25, -0.2) is 23.8 Å². The molecule has 0 bridgehead atoms. The Morgan fingerprint density at radius 2 is 1.84 bits per heavy atom. The predicted molar refractivity (Wildman–Crippen MR) is 89.0 cm³/mol. The van der Waals surface area contributed by atoms with Gasteiger partial charge in [0.2, 0.25) is 0 Å². The molecule has 0 aromatic heterocycles. The molecule has 0 spiro atoms. The Morgan fingerprint density at radius 1 is 1.21 bits per heavy atom. The topological polar surface area (TPSA) is 0 Å². The van der Waals surface area contributed by atoms with Crippen molar-refractivity contribution in [3.05, 3.63) is 48.1 Å². The Kier molecular flexibility index (Phi) is 24.2. The van der Waals surface area contributed by atoms with Crippen LogP contribution in [0.15, 0.2) is 36.0 Å². The van der Waals surface area contributed by atoms with Crippen LogP contribution in [0.3, 0.4) is 0 Å². The molecule has 0 aliphatic heterocycles. The van der Waals surface area contributed by atoms with E-state index in [1.54, 1.807) is 23.3 Å². The number of halogens is 2. The molecule has 0 heterocycles. The van der Waals surface area contributed by atoms with E-state index in [0.717, 1.165) is 12.8 Å². The Bertz CT molecular complexity index is 317. The molecule has 0 saturated heterocycles. The summed E-state index contributed by atoms with van der Waals surface area (Å²) in [4.78, 5) is 0. The van der Waals surface area contributed by atoms with Gasteiger partial charge in [-0.3, -0.25) is 12.2 Å². The second-order valence-electron chi connectivity index (χ2n) is 4.08. The fraction of sp³-hybridized carbons (Fsp3) is 0.467. The van der Waals surface area contributed by atoms with Gasteiger partial charge in [0.15, 0.2) is 0 Å². The van der Waals surface area contributed by atoms with Gasteiger partial charge < -0.3 is 0 Å². The zero-order valence-corrected chi connectivity index (χ0v) is 17.1. The van der Waals surface area contributed by atoms with Crippen molar-refractivity contribution in [2.75, 3.05) is 0 Å². The zero-order valence-electron chi connectivity index (χ0n) is 12.0. The maximum absolute atomic E-state index is 3.14. The third-order valence-electron chi connectivity index (χ3n) is 1.89. The van der Waals surface area contributed by atoms with Crippen molar-refractivity contribution in [2.24, 2.45) is 0 Å². The fourth-order valence-corrected chi connectivity index (χ4v) is 1.24. The van der Waals surface area contributed by atoms with Gasteiger partial charge in [0.05, 0.1) is 0 Å². The average molecular weight is 395 g/mol. The summed E-state index contributed by atoms with van der Waals surface area (Å²) in [5.74, 6) is 0. The van der Waals surface area contributed by atoms with Crippen LogP contribution in [0.1, 0.15) is 32.6 Å². The molecular weight excluding hydrogens is 370 g/mol. The zero-order chi connectivity index (χ0) is 12.9. The van der Waals surface area contributed by atoms with Crippen LogP contribution in [0.2, 0.25) is 13.1 Å². The summed E-state index contributed by atoms with van der Waals surface area (Å²) < 4.78 is 0. The molecule has 0 amide bonds. The van der Waals surface area contributed by atoms with Gasteiger partial charge in [0.1, 0.15) is 0 Å². The molecule has 0 radical (unpaired) electrons. The van der Waals surface area contributed by atoms with Gasteiger partial charge in [-0.05, 0) is 0 Å². The maximum Gasteiger partial charge on any atom is -0.109 e. The fourth-order valence-electron chi connectivity index (χ4n) is 1.24. The molecule has 2 rings (SSSR count). The minimum absolute atomic E-state index is 0. The van der Waals surface area contributed by atoms with Crippen LogP contribution in [0, 0.1) is 12.2 Å². The summed E-state index contributed by atoms with van der Waals surface area (Å²) in [6.07, 6.45) is 21.0. The van der Waals surface area contributed by atoms with Crippen LogP contribution < -0.4 is 0 Å². The third-order valence-corrected chi connectivity index (χ3v) is 1.89. The van der Waals surface area contributed by atoms with E-state index in [9.17, 15) is 0 Å². The van der Waals surface area contributed by atoms with Crippen molar-refractivity contribution in [2.45, 2.75) is 45.7 Å². The van der Waals surface area contributed by atoms with Gasteiger partial charge in [-0.15, -0.1) is 37.7 Å². The van der Waals surface area contributed by atoms with Crippen molar-refractivity contribution < 1.29 is 23.3 Å². The summed E-state index contributed by atoms with van der Waals surface area (Å²) in [5.41, 5.74) is 1.68. The molecule has 0 unspecified atom stereocenters. The Labute approximate surface area is 146 Å². The molecule has 0 fully saturated rings. The van der Waals surface area contributed by atoms with Crippen LogP contribution in [-0.2, 0) is 23.3 Å². The molecule has 0 saturated carbocycles. The van der Waals surface area contributed by atoms with Gasteiger partial charge in [0.25, 0.3) is 0 Å². The molecule has 0 aromatic rings. The smallest absolute Gasteiger partial charge is 0.109 e. The summed E-state index contributed by atoms with van der Waals surface area (Å²) >= 11 is 1.74. The van der Waals surface area contributed by atoms with Crippen LogP contribution >= 0.6 is 24.8 Å². The Hall–Kier alpha value is 0.640. The SMILES string of the molecule is CCCC1=CC[C-]=C1.C[Si](C)=[Zr+2].Cl.Cl.[C-]1=CC=CC1. The van der Waals surface area contributed by atoms with Crippen molar-refractivity contribution in [1.82, 2.24) is 0 Å². The molecule has 106 valence electrons. The van der Waals surface area contributed by atoms with E-state index in [1.807, 2.05) is 12.2 Å². The molecule has 0 nitrogen and oxygen atoms in total. The molecule has 4 heteroatoms. The minimum atomic E-state index is 0. The first kappa shape index (κ1) is 24.6. The summed E-state index contributed by atoms with van der Waals surface area (Å²) in [7, 11) is 0. The quantitative estimate of drug-likeness (QED) is 0.434. The van der Waals surface area contributed by atoms with Crippen molar-refractivity contribution in [3.8, 4) is 0 Å².